The van der Waals surface area contributed by atoms with Gasteiger partial charge in [0.05, 0.1) is 0 Å². The number of carboxylic acid groups (broad SMARTS) is 1. The summed E-state index contributed by atoms with van der Waals surface area (Å²) in [7, 11) is 0. The van der Waals surface area contributed by atoms with Gasteiger partial charge in [0, 0.05) is 5.56 Å². The van der Waals surface area contributed by atoms with Crippen molar-refractivity contribution in [2.45, 2.75) is 19.4 Å². The van der Waals surface area contributed by atoms with Crippen molar-refractivity contribution in [2.24, 2.45) is 0 Å². The van der Waals surface area contributed by atoms with Gasteiger partial charge in [-0.2, -0.15) is 0 Å². The second-order valence-electron chi connectivity index (χ2n) is 3.48. The molecule has 1 unspecified atom stereocenters. The van der Waals surface area contributed by atoms with Crippen molar-refractivity contribution in [1.82, 2.24) is 5.32 Å². The normalized spacial score (nSPS) is 11.8. The van der Waals surface area contributed by atoms with E-state index in [4.69, 9.17) is 10.2 Å². The third-order valence-electron chi connectivity index (χ3n) is 2.25. The number of phenolic OH excluding ortho intramolecular Hbond substituents is 2. The van der Waals surface area contributed by atoms with Crippen LogP contribution in [0.2, 0.25) is 0 Å². The van der Waals surface area contributed by atoms with E-state index < -0.39 is 23.7 Å². The molecule has 1 amide bonds. The quantitative estimate of drug-likeness (QED) is 0.578. The van der Waals surface area contributed by atoms with Crippen molar-refractivity contribution >= 4 is 11.9 Å². The van der Waals surface area contributed by atoms with E-state index in [9.17, 15) is 14.7 Å². The van der Waals surface area contributed by atoms with Gasteiger partial charge < -0.3 is 20.6 Å². The number of rotatable bonds is 4. The molecule has 92 valence electrons. The molecule has 1 aromatic carbocycles. The molecule has 0 saturated carbocycles. The average Bonchev–Trinajstić information content (AvgIpc) is 2.28. The lowest BCUT2D eigenvalue weighted by molar-refractivity contribution is -0.139. The molecule has 0 aliphatic heterocycles. The molecular formula is C11H13NO5. The summed E-state index contributed by atoms with van der Waals surface area (Å²) in [6.07, 6.45) is 0.255. The number of carboxylic acids is 1. The first-order chi connectivity index (χ1) is 7.95. The third-order valence-corrected chi connectivity index (χ3v) is 2.25. The van der Waals surface area contributed by atoms with Crippen LogP contribution in [0.25, 0.3) is 0 Å². The average molecular weight is 239 g/mol. The van der Waals surface area contributed by atoms with Crippen LogP contribution in [-0.4, -0.2) is 33.2 Å². The molecule has 0 heterocycles. The van der Waals surface area contributed by atoms with Crippen molar-refractivity contribution in [3.05, 3.63) is 23.8 Å². The van der Waals surface area contributed by atoms with Crippen LogP contribution in [0.4, 0.5) is 0 Å². The molecule has 1 rings (SSSR count). The Morgan fingerprint density at radius 3 is 2.41 bits per heavy atom. The van der Waals surface area contributed by atoms with Gasteiger partial charge in [-0.05, 0) is 24.6 Å². The SMILES string of the molecule is CCC(NC(=O)c1ccc(O)c(O)c1)C(=O)O. The highest BCUT2D eigenvalue weighted by Crippen LogP contribution is 2.24. The Balaban J connectivity index is 2.82. The Labute approximate surface area is 97.5 Å². The number of hydrogen-bond donors (Lipinski definition) is 4. The van der Waals surface area contributed by atoms with Gasteiger partial charge in [0.2, 0.25) is 0 Å². The molecule has 0 aliphatic carbocycles. The molecule has 0 fully saturated rings. The molecule has 0 aliphatic rings. The lowest BCUT2D eigenvalue weighted by Gasteiger charge is -2.12. The minimum atomic E-state index is -1.12. The molecule has 6 nitrogen and oxygen atoms in total. The lowest BCUT2D eigenvalue weighted by Crippen LogP contribution is -2.40. The number of hydrogen-bond acceptors (Lipinski definition) is 4. The molecule has 0 bridgehead atoms. The number of phenols is 2. The minimum absolute atomic E-state index is 0.0833. The Morgan fingerprint density at radius 2 is 1.94 bits per heavy atom. The first-order valence-corrected chi connectivity index (χ1v) is 5.01. The first-order valence-electron chi connectivity index (χ1n) is 5.01. The summed E-state index contributed by atoms with van der Waals surface area (Å²) < 4.78 is 0. The zero-order valence-electron chi connectivity index (χ0n) is 9.17. The van der Waals surface area contributed by atoms with Crippen LogP contribution in [0, 0.1) is 0 Å². The summed E-state index contributed by atoms with van der Waals surface area (Å²) in [6.45, 7) is 1.63. The number of aromatic hydroxyl groups is 2. The fraction of sp³-hybridized carbons (Fsp3) is 0.273. The second-order valence-corrected chi connectivity index (χ2v) is 3.48. The number of carbonyl (C=O) groups is 2. The molecule has 0 radical (unpaired) electrons. The molecule has 1 aromatic rings. The summed E-state index contributed by atoms with van der Waals surface area (Å²) in [5, 5.41) is 29.3. The predicted molar refractivity (Wildman–Crippen MR) is 59.0 cm³/mol. The van der Waals surface area contributed by atoms with E-state index in [0.29, 0.717) is 0 Å². The molecule has 17 heavy (non-hydrogen) atoms. The van der Waals surface area contributed by atoms with Crippen LogP contribution in [0.5, 0.6) is 11.5 Å². The van der Waals surface area contributed by atoms with Crippen LogP contribution in [0.1, 0.15) is 23.7 Å². The second kappa shape index (κ2) is 5.20. The predicted octanol–water partition coefficient (Wildman–Crippen LogP) is 0.691. The van der Waals surface area contributed by atoms with E-state index in [-0.39, 0.29) is 17.7 Å². The summed E-state index contributed by atoms with van der Waals surface area (Å²) >= 11 is 0. The highest BCUT2D eigenvalue weighted by molar-refractivity contribution is 5.97. The smallest absolute Gasteiger partial charge is 0.326 e. The molecule has 0 saturated heterocycles. The van der Waals surface area contributed by atoms with Crippen LogP contribution < -0.4 is 5.32 Å². The van der Waals surface area contributed by atoms with Gasteiger partial charge in [0.1, 0.15) is 6.04 Å². The van der Waals surface area contributed by atoms with Gasteiger partial charge in [-0.1, -0.05) is 6.92 Å². The lowest BCUT2D eigenvalue weighted by atomic mass is 10.1. The molecule has 0 spiro atoms. The molecule has 1 atom stereocenters. The van der Waals surface area contributed by atoms with Crippen molar-refractivity contribution in [3.8, 4) is 11.5 Å². The highest BCUT2D eigenvalue weighted by atomic mass is 16.4. The van der Waals surface area contributed by atoms with E-state index in [1.165, 1.54) is 6.07 Å². The van der Waals surface area contributed by atoms with Crippen LogP contribution in [-0.2, 0) is 4.79 Å². The van der Waals surface area contributed by atoms with Crippen molar-refractivity contribution in [2.75, 3.05) is 0 Å². The molecule has 6 heteroatoms. The number of amides is 1. The zero-order valence-corrected chi connectivity index (χ0v) is 9.17. The van der Waals surface area contributed by atoms with Crippen molar-refractivity contribution < 1.29 is 24.9 Å². The summed E-state index contributed by atoms with van der Waals surface area (Å²) in [5.41, 5.74) is 0.0833. The number of carbonyl (C=O) groups excluding carboxylic acids is 1. The summed E-state index contributed by atoms with van der Waals surface area (Å²) in [6, 6.07) is 2.54. The fourth-order valence-corrected chi connectivity index (χ4v) is 1.24. The maximum absolute atomic E-state index is 11.6. The van der Waals surface area contributed by atoms with Gasteiger partial charge in [0.25, 0.3) is 5.91 Å². The maximum atomic E-state index is 11.6. The van der Waals surface area contributed by atoms with Gasteiger partial charge in [-0.3, -0.25) is 4.79 Å². The monoisotopic (exact) mass is 239 g/mol. The minimum Gasteiger partial charge on any atom is -0.504 e. The van der Waals surface area contributed by atoms with Gasteiger partial charge >= 0.3 is 5.97 Å². The number of benzene rings is 1. The van der Waals surface area contributed by atoms with Crippen LogP contribution in [0.15, 0.2) is 18.2 Å². The Hall–Kier alpha value is -2.24. The zero-order chi connectivity index (χ0) is 13.0. The Kier molecular flexibility index (Phi) is 3.92. The standard InChI is InChI=1S/C11H13NO5/c1-2-7(11(16)17)12-10(15)6-3-4-8(13)9(14)5-6/h3-5,7,13-14H,2H2,1H3,(H,12,15)(H,16,17). The van der Waals surface area contributed by atoms with E-state index in [2.05, 4.69) is 5.32 Å². The Bertz CT molecular complexity index is 443. The third kappa shape index (κ3) is 3.10. The maximum Gasteiger partial charge on any atom is 0.326 e. The Morgan fingerprint density at radius 1 is 1.29 bits per heavy atom. The largest absolute Gasteiger partial charge is 0.504 e. The molecule has 4 N–H and O–H groups in total. The van der Waals surface area contributed by atoms with E-state index in [1.54, 1.807) is 6.92 Å². The topological polar surface area (TPSA) is 107 Å². The van der Waals surface area contributed by atoms with Gasteiger partial charge in [-0.25, -0.2) is 4.79 Å². The van der Waals surface area contributed by atoms with Gasteiger partial charge in [0.15, 0.2) is 11.5 Å². The van der Waals surface area contributed by atoms with E-state index >= 15 is 0 Å². The van der Waals surface area contributed by atoms with Crippen molar-refractivity contribution in [3.63, 3.8) is 0 Å². The molecular weight excluding hydrogens is 226 g/mol. The first kappa shape index (κ1) is 12.8. The van der Waals surface area contributed by atoms with E-state index in [1.807, 2.05) is 0 Å². The molecule has 0 aromatic heterocycles. The fourth-order valence-electron chi connectivity index (χ4n) is 1.24. The van der Waals surface area contributed by atoms with Gasteiger partial charge in [-0.15, -0.1) is 0 Å². The number of nitrogens with one attached hydrogen (secondary N) is 1. The van der Waals surface area contributed by atoms with Crippen LogP contribution in [0.3, 0.4) is 0 Å². The number of aliphatic carboxylic acids is 1. The summed E-state index contributed by atoms with van der Waals surface area (Å²) in [4.78, 5) is 22.3. The summed E-state index contributed by atoms with van der Waals surface area (Å²) in [5.74, 6) is -2.51. The van der Waals surface area contributed by atoms with E-state index in [0.717, 1.165) is 12.1 Å². The van der Waals surface area contributed by atoms with Crippen LogP contribution >= 0.6 is 0 Å². The van der Waals surface area contributed by atoms with Crippen molar-refractivity contribution in [1.29, 1.82) is 0 Å². The highest BCUT2D eigenvalue weighted by Gasteiger charge is 2.18.